The van der Waals surface area contributed by atoms with E-state index < -0.39 is 12.3 Å². The quantitative estimate of drug-likeness (QED) is 0.432. The minimum atomic E-state index is -2.29. The largest absolute Gasteiger partial charge is 0.370 e. The van der Waals surface area contributed by atoms with Gasteiger partial charge in [-0.3, -0.25) is 0 Å². The molecule has 2 aliphatic rings. The smallest absolute Gasteiger partial charge is 0.243 e. The lowest BCUT2D eigenvalue weighted by molar-refractivity contribution is 0.121. The van der Waals surface area contributed by atoms with Crippen molar-refractivity contribution in [2.24, 2.45) is 16.6 Å². The first-order valence-corrected chi connectivity index (χ1v) is 7.79. The van der Waals surface area contributed by atoms with Crippen LogP contribution in [0.2, 0.25) is 5.02 Å². The topological polar surface area (TPSA) is 44.9 Å². The molecular weight excluding hydrogens is 437 g/mol. The number of aliphatic imine (C=N–C) groups is 1. The number of hydrogen-bond donors (Lipinski definition) is 1. The van der Waals surface area contributed by atoms with E-state index in [1.54, 1.807) is 0 Å². The second kappa shape index (κ2) is 7.83. The Morgan fingerprint density at radius 2 is 1.78 bits per heavy atom. The Labute approximate surface area is 156 Å². The van der Waals surface area contributed by atoms with Crippen molar-refractivity contribution in [1.82, 2.24) is 4.90 Å². The maximum atomic E-state index is 12.5. The molecule has 2 fully saturated rings. The normalized spacial score (nSPS) is 24.6. The van der Waals surface area contributed by atoms with Gasteiger partial charge in [0.05, 0.1) is 6.04 Å². The summed E-state index contributed by atoms with van der Waals surface area (Å²) < 4.78 is 25.0. The van der Waals surface area contributed by atoms with Crippen LogP contribution in [0.3, 0.4) is 0 Å². The average Bonchev–Trinajstić information content (AvgIpc) is 3.28. The van der Waals surface area contributed by atoms with Crippen molar-refractivity contribution in [2.75, 3.05) is 31.1 Å². The van der Waals surface area contributed by atoms with Crippen molar-refractivity contribution in [1.29, 1.82) is 0 Å². The van der Waals surface area contributed by atoms with Crippen LogP contribution >= 0.6 is 35.6 Å². The molecule has 1 aliphatic carbocycles. The van der Waals surface area contributed by atoms with Gasteiger partial charge < -0.3 is 15.5 Å². The second-order valence-corrected chi connectivity index (χ2v) is 6.18. The molecule has 0 unspecified atom stereocenters. The van der Waals surface area contributed by atoms with Crippen LogP contribution in [0, 0.1) is 5.92 Å². The van der Waals surface area contributed by atoms with E-state index >= 15 is 0 Å². The third-order valence-corrected chi connectivity index (χ3v) is 4.47. The molecule has 0 bridgehead atoms. The molecular formula is C15H20ClF2IN4. The highest BCUT2D eigenvalue weighted by Gasteiger charge is 2.44. The Morgan fingerprint density at radius 1 is 1.17 bits per heavy atom. The van der Waals surface area contributed by atoms with Crippen LogP contribution in [0.15, 0.2) is 29.3 Å². The van der Waals surface area contributed by atoms with Crippen LogP contribution in [-0.4, -0.2) is 49.5 Å². The molecule has 8 heteroatoms. The molecule has 2 N–H and O–H groups in total. The number of piperazine rings is 1. The number of nitrogens with two attached hydrogens (primary N) is 1. The molecule has 1 aromatic carbocycles. The van der Waals surface area contributed by atoms with Gasteiger partial charge in [0, 0.05) is 42.8 Å². The molecule has 128 valence electrons. The van der Waals surface area contributed by atoms with E-state index in [0.29, 0.717) is 12.4 Å². The zero-order chi connectivity index (χ0) is 15.7. The molecule has 1 aliphatic heterocycles. The number of nitrogens with zero attached hydrogens (tertiary/aromatic N) is 3. The zero-order valence-corrected chi connectivity index (χ0v) is 15.6. The molecule has 0 radical (unpaired) electrons. The van der Waals surface area contributed by atoms with E-state index in [2.05, 4.69) is 9.89 Å². The summed E-state index contributed by atoms with van der Waals surface area (Å²) in [4.78, 5) is 8.44. The molecule has 1 aromatic rings. The summed E-state index contributed by atoms with van der Waals surface area (Å²) >= 11 is 5.89. The van der Waals surface area contributed by atoms with Crippen LogP contribution in [0.25, 0.3) is 0 Å². The number of rotatable bonds is 3. The van der Waals surface area contributed by atoms with Gasteiger partial charge in [0.15, 0.2) is 5.96 Å². The molecule has 0 spiro atoms. The maximum absolute atomic E-state index is 12.5. The predicted molar refractivity (Wildman–Crippen MR) is 100 cm³/mol. The van der Waals surface area contributed by atoms with Gasteiger partial charge in [0.25, 0.3) is 0 Å². The third-order valence-electron chi connectivity index (χ3n) is 4.22. The lowest BCUT2D eigenvalue weighted by Crippen LogP contribution is -2.51. The molecule has 3 rings (SSSR count). The van der Waals surface area contributed by atoms with Gasteiger partial charge in [-0.2, -0.15) is 0 Å². The Balaban J connectivity index is 0.00000192. The van der Waals surface area contributed by atoms with Crippen molar-refractivity contribution < 1.29 is 8.78 Å². The summed E-state index contributed by atoms with van der Waals surface area (Å²) in [5.74, 6) is -0.210. The number of halogens is 4. The van der Waals surface area contributed by atoms with Crippen LogP contribution in [0.4, 0.5) is 14.5 Å². The molecule has 4 nitrogen and oxygen atoms in total. The Hall–Kier alpha value is -0.830. The van der Waals surface area contributed by atoms with Gasteiger partial charge in [-0.1, -0.05) is 11.6 Å². The lowest BCUT2D eigenvalue weighted by atomic mass is 10.2. The number of guanidine groups is 1. The predicted octanol–water partition coefficient (Wildman–Crippen LogP) is 3.05. The fourth-order valence-electron chi connectivity index (χ4n) is 2.72. The van der Waals surface area contributed by atoms with E-state index in [1.807, 2.05) is 29.2 Å². The molecule has 2 atom stereocenters. The average molecular weight is 457 g/mol. The van der Waals surface area contributed by atoms with Gasteiger partial charge in [-0.25, -0.2) is 13.8 Å². The fourth-order valence-corrected chi connectivity index (χ4v) is 2.84. The van der Waals surface area contributed by atoms with E-state index in [1.165, 1.54) is 0 Å². The summed E-state index contributed by atoms with van der Waals surface area (Å²) in [6.07, 6.45) is -1.84. The van der Waals surface area contributed by atoms with Gasteiger partial charge in [0.2, 0.25) is 6.43 Å². The third kappa shape index (κ3) is 4.59. The van der Waals surface area contributed by atoms with Gasteiger partial charge >= 0.3 is 0 Å². The van der Waals surface area contributed by atoms with Crippen molar-refractivity contribution in [2.45, 2.75) is 18.9 Å². The van der Waals surface area contributed by atoms with E-state index in [0.717, 1.165) is 36.9 Å². The number of benzene rings is 1. The first kappa shape index (κ1) is 18.5. The Kier molecular flexibility index (Phi) is 6.30. The van der Waals surface area contributed by atoms with Crippen LogP contribution in [0.5, 0.6) is 0 Å². The van der Waals surface area contributed by atoms with E-state index in [-0.39, 0.29) is 30.0 Å². The highest BCUT2D eigenvalue weighted by molar-refractivity contribution is 14.0. The van der Waals surface area contributed by atoms with Crippen molar-refractivity contribution in [3.05, 3.63) is 29.3 Å². The van der Waals surface area contributed by atoms with Gasteiger partial charge in [0.1, 0.15) is 0 Å². The summed E-state index contributed by atoms with van der Waals surface area (Å²) in [5, 5.41) is 0.719. The number of anilines is 1. The summed E-state index contributed by atoms with van der Waals surface area (Å²) in [5.41, 5.74) is 7.08. The van der Waals surface area contributed by atoms with Crippen molar-refractivity contribution >= 4 is 47.2 Å². The molecule has 23 heavy (non-hydrogen) atoms. The molecule has 1 saturated carbocycles. The summed E-state index contributed by atoms with van der Waals surface area (Å²) in [6, 6.07) is 7.43. The molecule has 0 amide bonds. The SMILES string of the molecule is I.NC(=N[C@H]1C[C@@H]1C(F)F)N1CCN(c2ccc(Cl)cc2)CC1. The van der Waals surface area contributed by atoms with E-state index in [4.69, 9.17) is 17.3 Å². The van der Waals surface area contributed by atoms with Gasteiger partial charge in [-0.05, 0) is 30.7 Å². The summed E-state index contributed by atoms with van der Waals surface area (Å²) in [6.45, 7) is 3.12. The Morgan fingerprint density at radius 3 is 2.30 bits per heavy atom. The monoisotopic (exact) mass is 456 g/mol. The van der Waals surface area contributed by atoms with Crippen molar-refractivity contribution in [3.63, 3.8) is 0 Å². The zero-order valence-electron chi connectivity index (χ0n) is 12.5. The van der Waals surface area contributed by atoms with Crippen LogP contribution in [0.1, 0.15) is 6.42 Å². The fraction of sp³-hybridized carbons (Fsp3) is 0.533. The molecule has 0 aromatic heterocycles. The first-order chi connectivity index (χ1) is 10.5. The molecule has 1 heterocycles. The van der Waals surface area contributed by atoms with Crippen molar-refractivity contribution in [3.8, 4) is 0 Å². The molecule has 1 saturated heterocycles. The first-order valence-electron chi connectivity index (χ1n) is 7.41. The number of hydrogen-bond acceptors (Lipinski definition) is 2. The lowest BCUT2D eigenvalue weighted by Gasteiger charge is -2.36. The minimum Gasteiger partial charge on any atom is -0.370 e. The standard InChI is InChI=1S/C15H19ClF2N4.HI/c16-10-1-3-11(4-2-10)21-5-7-22(8-6-21)15(19)20-13-9-12(13)14(17)18;/h1-4,12-14H,5-9H2,(H2,19,20);1H/t12-,13-;/m0./s1. The van der Waals surface area contributed by atoms with E-state index in [9.17, 15) is 8.78 Å². The van der Waals surface area contributed by atoms with Crippen LogP contribution in [-0.2, 0) is 0 Å². The highest BCUT2D eigenvalue weighted by atomic mass is 127. The highest BCUT2D eigenvalue weighted by Crippen LogP contribution is 2.39. The maximum Gasteiger partial charge on any atom is 0.243 e. The summed E-state index contributed by atoms with van der Waals surface area (Å²) in [7, 11) is 0. The van der Waals surface area contributed by atoms with Crippen LogP contribution < -0.4 is 10.6 Å². The number of alkyl halides is 2. The van der Waals surface area contributed by atoms with Gasteiger partial charge in [-0.15, -0.1) is 24.0 Å². The minimum absolute atomic E-state index is 0. The Bertz CT molecular complexity index is 547. The second-order valence-electron chi connectivity index (χ2n) is 5.74.